The van der Waals surface area contributed by atoms with E-state index in [1.807, 2.05) is 44.2 Å². The summed E-state index contributed by atoms with van der Waals surface area (Å²) in [5.74, 6) is 0.616. The fraction of sp³-hybridized carbons (Fsp3) is 0.296. The number of rotatable bonds is 10. The van der Waals surface area contributed by atoms with Crippen molar-refractivity contribution in [1.29, 1.82) is 0 Å². The third-order valence-electron chi connectivity index (χ3n) is 5.74. The maximum Gasteiger partial charge on any atom is 0.411 e. The van der Waals surface area contributed by atoms with Crippen LogP contribution >= 0.6 is 15.9 Å². The van der Waals surface area contributed by atoms with Gasteiger partial charge in [-0.1, -0.05) is 29.8 Å². The first-order valence-corrected chi connectivity index (χ1v) is 13.0. The maximum atomic E-state index is 13.0. The van der Waals surface area contributed by atoms with Gasteiger partial charge in [-0.05, 0) is 73.0 Å². The van der Waals surface area contributed by atoms with Crippen LogP contribution in [0, 0.1) is 0 Å². The lowest BCUT2D eigenvalue weighted by atomic mass is 10.1. The second-order valence-corrected chi connectivity index (χ2v) is 9.39. The molecule has 0 aliphatic carbocycles. The molecular weight excluding hydrogens is 540 g/mol. The Hall–Kier alpha value is -3.79. The second-order valence-electron chi connectivity index (χ2n) is 8.47. The van der Waals surface area contributed by atoms with E-state index in [1.54, 1.807) is 28.8 Å². The molecule has 2 N–H and O–H groups in total. The van der Waals surface area contributed by atoms with Gasteiger partial charge < -0.3 is 14.5 Å². The van der Waals surface area contributed by atoms with Crippen molar-refractivity contribution in [2.24, 2.45) is 0 Å². The van der Waals surface area contributed by atoms with Gasteiger partial charge in [-0.15, -0.1) is 0 Å². The van der Waals surface area contributed by atoms with Crippen molar-refractivity contribution in [2.75, 3.05) is 18.5 Å². The number of aryl methyl sites for hydroxylation is 1. The van der Waals surface area contributed by atoms with Crippen molar-refractivity contribution >= 4 is 38.7 Å². The fourth-order valence-electron chi connectivity index (χ4n) is 4.02. The zero-order chi connectivity index (χ0) is 26.4. The Morgan fingerprint density at radius 1 is 0.946 bits per heavy atom. The Morgan fingerprint density at radius 3 is 2.30 bits per heavy atom. The Labute approximate surface area is 222 Å². The van der Waals surface area contributed by atoms with Crippen molar-refractivity contribution in [1.82, 2.24) is 14.1 Å². The molecule has 0 atom stereocenters. The van der Waals surface area contributed by atoms with Crippen LogP contribution in [-0.2, 0) is 17.8 Å². The number of nitrogens with one attached hydrogen (secondary N) is 2. The molecule has 0 aliphatic rings. The van der Waals surface area contributed by atoms with Crippen LogP contribution < -0.4 is 21.3 Å². The quantitative estimate of drug-likeness (QED) is 0.250. The Balaban J connectivity index is 1.40. The van der Waals surface area contributed by atoms with Gasteiger partial charge in [0, 0.05) is 28.9 Å². The van der Waals surface area contributed by atoms with Crippen molar-refractivity contribution in [3.63, 3.8) is 0 Å². The highest BCUT2D eigenvalue weighted by molar-refractivity contribution is 9.10. The lowest BCUT2D eigenvalue weighted by molar-refractivity contribution is 0.138. The highest BCUT2D eigenvalue weighted by Gasteiger charge is 2.16. The third kappa shape index (κ3) is 6.14. The summed E-state index contributed by atoms with van der Waals surface area (Å²) in [6, 6.07) is 16.4. The molecular formula is C27H29BrN4O5. The first kappa shape index (κ1) is 26.3. The topological polar surface area (TPSA) is 107 Å². The van der Waals surface area contributed by atoms with E-state index < -0.39 is 6.09 Å². The lowest BCUT2D eigenvalue weighted by Gasteiger charge is -2.10. The van der Waals surface area contributed by atoms with Gasteiger partial charge >= 0.3 is 11.8 Å². The second kappa shape index (κ2) is 12.0. The molecule has 9 nitrogen and oxygen atoms in total. The number of aromatic amines is 1. The van der Waals surface area contributed by atoms with Crippen LogP contribution in [-0.4, -0.2) is 33.4 Å². The summed E-state index contributed by atoms with van der Waals surface area (Å²) < 4.78 is 14.7. The number of hydrogen-bond acceptors (Lipinski definition) is 5. The molecule has 2 heterocycles. The predicted octanol–water partition coefficient (Wildman–Crippen LogP) is 5.37. The number of ether oxygens (including phenoxy) is 2. The zero-order valence-corrected chi connectivity index (χ0v) is 22.3. The smallest absolute Gasteiger partial charge is 0.411 e. The molecule has 0 unspecified atom stereocenters. The normalized spacial score (nSPS) is 11.0. The number of halogens is 1. The summed E-state index contributed by atoms with van der Waals surface area (Å²) in [6.07, 6.45) is 0.920. The van der Waals surface area contributed by atoms with Crippen LogP contribution in [0.1, 0.15) is 26.7 Å². The molecule has 37 heavy (non-hydrogen) atoms. The van der Waals surface area contributed by atoms with Crippen LogP contribution in [0.15, 0.2) is 68.7 Å². The Morgan fingerprint density at radius 2 is 1.62 bits per heavy atom. The fourth-order valence-corrected chi connectivity index (χ4v) is 4.28. The highest BCUT2D eigenvalue weighted by atomic mass is 79.9. The lowest BCUT2D eigenvalue weighted by Crippen LogP contribution is -2.39. The van der Waals surface area contributed by atoms with Crippen molar-refractivity contribution in [3.05, 3.63) is 79.9 Å². The Bertz CT molecular complexity index is 1490. The minimum atomic E-state index is -0.556. The van der Waals surface area contributed by atoms with Crippen LogP contribution in [0.2, 0.25) is 0 Å². The standard InChI is InChI=1S/C27H29BrN4O5/c1-3-13-31-23-17-22(30-24(23)25(33)32(14-4-2)27(31)35)18-5-11-21(12-6-18)36-15-16-37-26(34)29-20-9-7-19(28)8-10-20/h5-12,17,30H,3-4,13-16H2,1-2H3,(H,29,34). The SMILES string of the molecule is CCCn1c(=O)c2[nH]c(-c3ccc(OCCOC(=O)Nc4ccc(Br)cc4)cc3)cc2n(CCC)c1=O. The van der Waals surface area contributed by atoms with Gasteiger partial charge in [0.25, 0.3) is 5.56 Å². The van der Waals surface area contributed by atoms with E-state index in [1.165, 1.54) is 4.57 Å². The molecule has 2 aromatic carbocycles. The molecule has 0 saturated carbocycles. The van der Waals surface area contributed by atoms with E-state index in [0.29, 0.717) is 42.0 Å². The number of nitrogens with zero attached hydrogens (tertiary/aromatic N) is 2. The number of H-pyrrole nitrogens is 1. The molecule has 2 aromatic heterocycles. The molecule has 0 aliphatic heterocycles. The van der Waals surface area contributed by atoms with Gasteiger partial charge in [0.05, 0.1) is 5.52 Å². The molecule has 0 bridgehead atoms. The summed E-state index contributed by atoms with van der Waals surface area (Å²) in [5, 5.41) is 2.65. The summed E-state index contributed by atoms with van der Waals surface area (Å²) >= 11 is 3.34. The molecule has 0 saturated heterocycles. The average molecular weight is 569 g/mol. The number of fused-ring (bicyclic) bond motifs is 1. The number of amides is 1. The van der Waals surface area contributed by atoms with Crippen LogP contribution in [0.4, 0.5) is 10.5 Å². The maximum absolute atomic E-state index is 13.0. The molecule has 10 heteroatoms. The molecule has 1 amide bonds. The number of benzene rings is 2. The molecule has 4 aromatic rings. The van der Waals surface area contributed by atoms with Gasteiger partial charge in [0.2, 0.25) is 0 Å². The van der Waals surface area contributed by atoms with Crippen LogP contribution in [0.5, 0.6) is 5.75 Å². The van der Waals surface area contributed by atoms with Crippen LogP contribution in [0.25, 0.3) is 22.3 Å². The first-order valence-electron chi connectivity index (χ1n) is 12.2. The highest BCUT2D eigenvalue weighted by Crippen LogP contribution is 2.24. The number of anilines is 1. The monoisotopic (exact) mass is 568 g/mol. The van der Waals surface area contributed by atoms with Gasteiger partial charge in [0.15, 0.2) is 0 Å². The summed E-state index contributed by atoms with van der Waals surface area (Å²) in [6.45, 7) is 5.14. The van der Waals surface area contributed by atoms with E-state index in [4.69, 9.17) is 9.47 Å². The molecule has 0 spiro atoms. The van der Waals surface area contributed by atoms with E-state index >= 15 is 0 Å². The minimum Gasteiger partial charge on any atom is -0.490 e. The van der Waals surface area contributed by atoms with Crippen molar-refractivity contribution < 1.29 is 14.3 Å². The average Bonchev–Trinajstić information content (AvgIpc) is 3.34. The summed E-state index contributed by atoms with van der Waals surface area (Å²) in [5.41, 5.74) is 2.69. The third-order valence-corrected chi connectivity index (χ3v) is 6.27. The summed E-state index contributed by atoms with van der Waals surface area (Å²) in [7, 11) is 0. The summed E-state index contributed by atoms with van der Waals surface area (Å²) in [4.78, 5) is 41.0. The molecule has 0 radical (unpaired) electrons. The van der Waals surface area contributed by atoms with Crippen LogP contribution in [0.3, 0.4) is 0 Å². The van der Waals surface area contributed by atoms with Crippen molar-refractivity contribution in [2.45, 2.75) is 39.8 Å². The van der Waals surface area contributed by atoms with E-state index in [-0.39, 0.29) is 24.5 Å². The van der Waals surface area contributed by atoms with Gasteiger partial charge in [0.1, 0.15) is 24.5 Å². The first-order chi connectivity index (χ1) is 17.9. The van der Waals surface area contributed by atoms with E-state index in [9.17, 15) is 14.4 Å². The predicted molar refractivity (Wildman–Crippen MR) is 147 cm³/mol. The molecule has 0 fully saturated rings. The largest absolute Gasteiger partial charge is 0.490 e. The number of carbonyl (C=O) groups is 1. The van der Waals surface area contributed by atoms with Gasteiger partial charge in [-0.2, -0.15) is 0 Å². The zero-order valence-electron chi connectivity index (χ0n) is 20.8. The van der Waals surface area contributed by atoms with Gasteiger partial charge in [-0.3, -0.25) is 19.2 Å². The number of hydrogen-bond donors (Lipinski definition) is 2. The molecule has 4 rings (SSSR count). The number of aromatic nitrogens is 3. The number of carbonyl (C=O) groups excluding carboxylic acids is 1. The Kier molecular flexibility index (Phi) is 8.50. The van der Waals surface area contributed by atoms with Gasteiger partial charge in [-0.25, -0.2) is 9.59 Å². The molecule has 194 valence electrons. The van der Waals surface area contributed by atoms with Crippen molar-refractivity contribution in [3.8, 4) is 17.0 Å². The van der Waals surface area contributed by atoms with E-state index in [2.05, 4.69) is 26.2 Å². The minimum absolute atomic E-state index is 0.0884. The van der Waals surface area contributed by atoms with E-state index in [0.717, 1.165) is 22.2 Å².